The average Bonchev–Trinajstić information content (AvgIpc) is 3.78. The van der Waals surface area contributed by atoms with Gasteiger partial charge in [-0.15, -0.1) is 0 Å². The number of esters is 2. The molecule has 326 valence electrons. The first kappa shape index (κ1) is 51.8. The van der Waals surface area contributed by atoms with Crippen LogP contribution in [0.2, 0.25) is 10.0 Å². The Morgan fingerprint density at radius 3 is 1.56 bits per heavy atom. The van der Waals surface area contributed by atoms with E-state index in [1.165, 1.54) is 6.08 Å². The molecule has 0 aliphatic carbocycles. The fourth-order valence-corrected chi connectivity index (χ4v) is 7.56. The van der Waals surface area contributed by atoms with Gasteiger partial charge in [-0.2, -0.15) is 0 Å². The number of pyridine rings is 2. The van der Waals surface area contributed by atoms with Crippen molar-refractivity contribution in [3.63, 3.8) is 0 Å². The smallest absolute Gasteiger partial charge is 1.00 e. The first-order valence-corrected chi connectivity index (χ1v) is 21.8. The van der Waals surface area contributed by atoms with Gasteiger partial charge < -0.3 is 38.6 Å². The second-order valence-electron chi connectivity index (χ2n) is 12.8. The number of benzene rings is 2. The minimum absolute atomic E-state index is 0. The molecule has 0 fully saturated rings. The summed E-state index contributed by atoms with van der Waals surface area (Å²) in [5.41, 5.74) is 5.13. The molecular weight excluding hydrogens is 869 g/mol. The Balaban J connectivity index is 0.000000335. The third-order valence-electron chi connectivity index (χ3n) is 8.54. The number of nitrogens with zero attached hydrogens (tertiary/aromatic N) is 4. The number of hydrogen-bond acceptors (Lipinski definition) is 12. The van der Waals surface area contributed by atoms with Gasteiger partial charge in [-0.3, -0.25) is 14.2 Å². The summed E-state index contributed by atoms with van der Waals surface area (Å²) >= 11 is 11.9. The summed E-state index contributed by atoms with van der Waals surface area (Å²) in [6, 6.07) is 22.8. The SMILES string of the molecule is CCOC(=O)/C=C/c1cc2cc(OC)cnc2n1Cc1ccc(Cl)cc1.CCOC(=O)CP(=O)(OCC)OCC.COc1cnc2c(c1)cc(C=O)n2Cc1ccc(Cl)cc1.[H-].[Na+]. The molecule has 18 heteroatoms. The minimum Gasteiger partial charge on any atom is -1.00 e. The van der Waals surface area contributed by atoms with Gasteiger partial charge in [0, 0.05) is 45.7 Å². The molecular formula is C44H50Cl2N4NaO10P. The number of carbonyl (C=O) groups excluding carboxylic acids is 3. The molecule has 4 heterocycles. The first-order valence-electron chi connectivity index (χ1n) is 19.3. The summed E-state index contributed by atoms with van der Waals surface area (Å²) in [6.07, 6.45) is 7.01. The van der Waals surface area contributed by atoms with Crippen molar-refractivity contribution < 1.29 is 77.9 Å². The quantitative estimate of drug-likeness (QED) is 0.0310. The molecule has 0 aliphatic heterocycles. The monoisotopic (exact) mass is 918 g/mol. The molecule has 0 saturated carbocycles. The van der Waals surface area contributed by atoms with E-state index in [9.17, 15) is 18.9 Å². The molecule has 0 amide bonds. The summed E-state index contributed by atoms with van der Waals surface area (Å²) in [4.78, 5) is 42.9. The molecule has 2 aromatic carbocycles. The van der Waals surface area contributed by atoms with Crippen LogP contribution in [0.5, 0.6) is 11.5 Å². The number of aldehydes is 1. The van der Waals surface area contributed by atoms with Crippen LogP contribution in [0.25, 0.3) is 28.1 Å². The molecule has 0 spiro atoms. The summed E-state index contributed by atoms with van der Waals surface area (Å²) in [6.45, 7) is 9.11. The van der Waals surface area contributed by atoms with E-state index in [4.69, 9.17) is 46.5 Å². The van der Waals surface area contributed by atoms with Gasteiger partial charge >= 0.3 is 49.1 Å². The minimum atomic E-state index is -3.28. The van der Waals surface area contributed by atoms with Crippen molar-refractivity contribution in [1.29, 1.82) is 0 Å². The van der Waals surface area contributed by atoms with Crippen molar-refractivity contribution in [1.82, 2.24) is 19.1 Å². The third-order valence-corrected chi connectivity index (χ3v) is 11.0. The van der Waals surface area contributed by atoms with Gasteiger partial charge in [0.05, 0.1) is 58.7 Å². The van der Waals surface area contributed by atoms with Crippen LogP contribution >= 0.6 is 30.8 Å². The molecule has 0 radical (unpaired) electrons. The largest absolute Gasteiger partial charge is 1.00 e. The van der Waals surface area contributed by atoms with Crippen LogP contribution in [0.1, 0.15) is 56.4 Å². The molecule has 6 aromatic rings. The molecule has 62 heavy (non-hydrogen) atoms. The van der Waals surface area contributed by atoms with E-state index in [2.05, 4.69) is 14.7 Å². The van der Waals surface area contributed by atoms with Gasteiger partial charge in [0.25, 0.3) is 0 Å². The van der Waals surface area contributed by atoms with Gasteiger partial charge in [0.2, 0.25) is 0 Å². The first-order chi connectivity index (χ1) is 29.4. The van der Waals surface area contributed by atoms with E-state index in [1.54, 1.807) is 60.4 Å². The maximum absolute atomic E-state index is 11.8. The van der Waals surface area contributed by atoms with Crippen molar-refractivity contribution in [3.8, 4) is 11.5 Å². The van der Waals surface area contributed by atoms with Crippen molar-refractivity contribution in [2.24, 2.45) is 0 Å². The van der Waals surface area contributed by atoms with Crippen LogP contribution in [-0.4, -0.2) is 84.1 Å². The Hall–Kier alpha value is -4.50. The van der Waals surface area contributed by atoms with E-state index in [1.807, 2.05) is 81.9 Å². The molecule has 0 saturated heterocycles. The number of ether oxygens (including phenoxy) is 4. The molecule has 6 rings (SSSR count). The second-order valence-corrected chi connectivity index (χ2v) is 15.7. The van der Waals surface area contributed by atoms with Crippen LogP contribution in [-0.2, 0) is 45.8 Å². The normalized spacial score (nSPS) is 10.9. The van der Waals surface area contributed by atoms with Crippen molar-refractivity contribution >= 4 is 77.2 Å². The molecule has 0 atom stereocenters. The molecule has 0 unspecified atom stereocenters. The van der Waals surface area contributed by atoms with Gasteiger partial charge in [-0.1, -0.05) is 47.5 Å². The summed E-state index contributed by atoms with van der Waals surface area (Å²) in [5.74, 6) is 0.421. The van der Waals surface area contributed by atoms with Gasteiger partial charge in [0.1, 0.15) is 29.0 Å². The Bertz CT molecular complexity index is 2460. The predicted molar refractivity (Wildman–Crippen MR) is 238 cm³/mol. The molecule has 0 bridgehead atoms. The number of aromatic nitrogens is 4. The van der Waals surface area contributed by atoms with Crippen molar-refractivity contribution in [3.05, 3.63) is 124 Å². The van der Waals surface area contributed by atoms with E-state index in [0.29, 0.717) is 46.9 Å². The third kappa shape index (κ3) is 15.4. The number of hydrogen-bond donors (Lipinski definition) is 0. The summed E-state index contributed by atoms with van der Waals surface area (Å²) in [5, 5.41) is 3.19. The van der Waals surface area contributed by atoms with Crippen LogP contribution in [0.3, 0.4) is 0 Å². The number of carbonyl (C=O) groups is 3. The van der Waals surface area contributed by atoms with E-state index in [0.717, 1.165) is 45.2 Å². The Morgan fingerprint density at radius 1 is 0.694 bits per heavy atom. The predicted octanol–water partition coefficient (Wildman–Crippen LogP) is 6.81. The average molecular weight is 920 g/mol. The number of halogens is 2. The van der Waals surface area contributed by atoms with Crippen LogP contribution in [0, 0.1) is 0 Å². The topological polar surface area (TPSA) is 159 Å². The van der Waals surface area contributed by atoms with E-state index >= 15 is 0 Å². The second kappa shape index (κ2) is 26.2. The summed E-state index contributed by atoms with van der Waals surface area (Å²) in [7, 11) is -0.0820. The zero-order chi connectivity index (χ0) is 44.4. The summed E-state index contributed by atoms with van der Waals surface area (Å²) < 4.78 is 45.5. The van der Waals surface area contributed by atoms with Crippen LogP contribution < -0.4 is 39.0 Å². The molecule has 14 nitrogen and oxygen atoms in total. The Morgan fingerprint density at radius 2 is 1.15 bits per heavy atom. The van der Waals surface area contributed by atoms with Crippen LogP contribution in [0.4, 0.5) is 0 Å². The standard InChI is InChI=1S/C20H19ClN2O3.C16H13ClN2O2.C8H17O5P.Na.H/c1-3-26-19(24)9-8-17-10-15-11-18(25-2)12-22-20(15)23(17)13-14-4-6-16(21)7-5-14;1-21-15-7-12-6-14(10-20)19(16(12)18-8-15)9-11-2-4-13(17)5-3-11;1-4-11-8(9)7-14(10,12-5-2)13-6-3;;/h4-12H,3,13H2,1-2H3;2-8,10H,9H2,1H3;4-7H2,1-3H3;;/q;;;+1;-1/b9-8+;;;;. The number of methoxy groups -OCH3 is 2. The van der Waals surface area contributed by atoms with Crippen molar-refractivity contribution in [2.75, 3.05) is 46.8 Å². The van der Waals surface area contributed by atoms with Crippen LogP contribution in [0.15, 0.2) is 91.3 Å². The van der Waals surface area contributed by atoms with E-state index < -0.39 is 13.6 Å². The van der Waals surface area contributed by atoms with E-state index in [-0.39, 0.29) is 62.9 Å². The van der Waals surface area contributed by atoms with Crippen molar-refractivity contribution in [2.45, 2.75) is 40.8 Å². The maximum Gasteiger partial charge on any atom is 1.00 e. The Labute approximate surface area is 394 Å². The fourth-order valence-electron chi connectivity index (χ4n) is 5.86. The number of fused-ring (bicyclic) bond motifs is 2. The van der Waals surface area contributed by atoms with Gasteiger partial charge in [-0.25, -0.2) is 14.8 Å². The van der Waals surface area contributed by atoms with Gasteiger partial charge in [-0.05, 0) is 93.4 Å². The molecule has 0 N–H and O–H groups in total. The molecule has 4 aromatic heterocycles. The molecule has 0 aliphatic rings. The zero-order valence-electron chi connectivity index (χ0n) is 36.8. The maximum atomic E-state index is 11.8. The Kier molecular flexibility index (Phi) is 21.9. The fraction of sp³-hybridized carbons (Fsp3) is 0.295. The van der Waals surface area contributed by atoms with Gasteiger partial charge in [0.15, 0.2) is 6.29 Å². The zero-order valence-corrected chi connectivity index (χ0v) is 40.2. The number of rotatable bonds is 17.